The fourth-order valence-corrected chi connectivity index (χ4v) is 10.6. The van der Waals surface area contributed by atoms with Crippen molar-refractivity contribution in [1.29, 1.82) is 0 Å². The van der Waals surface area contributed by atoms with Crippen LogP contribution in [0.1, 0.15) is 49.7 Å². The molecule has 2 unspecified atom stereocenters. The minimum atomic E-state index is -0.258. The smallest absolute Gasteiger partial charge is 0.199 e. The van der Waals surface area contributed by atoms with E-state index in [1.807, 2.05) is 121 Å². The first-order valence-electron chi connectivity index (χ1n) is 28.7. The van der Waals surface area contributed by atoms with Crippen LogP contribution >= 0.6 is 0 Å². The highest BCUT2D eigenvalue weighted by Crippen LogP contribution is 2.38. The Morgan fingerprint density at radius 2 is 0.655 bits per heavy atom. The molecule has 0 bridgehead atoms. The van der Waals surface area contributed by atoms with E-state index in [0.717, 1.165) is 163 Å². The second kappa shape index (κ2) is 25.5. The second-order valence-corrected chi connectivity index (χ2v) is 20.8. The molecular weight excluding hydrogens is 1040 g/mol. The Morgan fingerprint density at radius 3 is 0.964 bits per heavy atom. The molecule has 0 N–H and O–H groups in total. The Hall–Kier alpha value is -9.88. The third kappa shape index (κ3) is 12.9. The van der Waals surface area contributed by atoms with E-state index in [2.05, 4.69) is 105 Å². The van der Waals surface area contributed by atoms with Gasteiger partial charge in [-0.2, -0.15) is 0 Å². The maximum absolute atomic E-state index is 6.78. The highest BCUT2D eigenvalue weighted by Gasteiger charge is 2.21. The zero-order valence-electron chi connectivity index (χ0n) is 46.3. The van der Waals surface area contributed by atoms with Crippen molar-refractivity contribution in [2.45, 2.75) is 64.3 Å². The summed E-state index contributed by atoms with van der Waals surface area (Å²) in [6, 6.07) is 69.1. The van der Waals surface area contributed by atoms with Gasteiger partial charge in [-0.3, -0.25) is 19.9 Å². The molecule has 0 spiro atoms. The van der Waals surface area contributed by atoms with Gasteiger partial charge in [-0.25, -0.2) is 9.97 Å². The highest BCUT2D eigenvalue weighted by molar-refractivity contribution is 5.79. The van der Waals surface area contributed by atoms with Crippen LogP contribution in [-0.4, -0.2) is 55.7 Å². The number of aromatic nitrogens is 6. The van der Waals surface area contributed by atoms with E-state index in [4.69, 9.17) is 38.4 Å². The van der Waals surface area contributed by atoms with E-state index < -0.39 is 0 Å². The van der Waals surface area contributed by atoms with Gasteiger partial charge in [0.25, 0.3) is 0 Å². The molecule has 84 heavy (non-hydrogen) atoms. The van der Waals surface area contributed by atoms with Gasteiger partial charge in [0.2, 0.25) is 0 Å². The quantitative estimate of drug-likeness (QED) is 0.0810. The number of hydrogen-bond donors (Lipinski definition) is 0. The molecule has 8 heterocycles. The summed E-state index contributed by atoms with van der Waals surface area (Å²) in [6.07, 6.45) is 12.6. The topological polar surface area (TPSA) is 133 Å². The lowest BCUT2D eigenvalue weighted by atomic mass is 9.91. The Morgan fingerprint density at radius 1 is 0.321 bits per heavy atom. The van der Waals surface area contributed by atoms with Crippen molar-refractivity contribution in [1.82, 2.24) is 29.9 Å². The molecule has 0 amide bonds. The van der Waals surface area contributed by atoms with E-state index >= 15 is 0 Å². The predicted molar refractivity (Wildman–Crippen MR) is 327 cm³/mol. The summed E-state index contributed by atoms with van der Waals surface area (Å²) in [6.45, 7) is 1.97. The van der Waals surface area contributed by atoms with Gasteiger partial charge in [0.05, 0.1) is 58.8 Å². The van der Waals surface area contributed by atoms with Crippen LogP contribution in [0, 0.1) is 0 Å². The molecule has 5 aromatic carbocycles. The predicted octanol–water partition coefficient (Wildman–Crippen LogP) is 16.4. The minimum Gasteiger partial charge on any atom is -0.489 e. The molecule has 2 fully saturated rings. The molecule has 11 aromatic rings. The summed E-state index contributed by atoms with van der Waals surface area (Å²) in [5.74, 6) is 2.96. The Labute approximate surface area is 488 Å². The molecule has 6 aromatic heterocycles. The van der Waals surface area contributed by atoms with Crippen molar-refractivity contribution < 1.29 is 28.4 Å². The normalized spacial score (nSPS) is 15.0. The maximum atomic E-state index is 6.78. The van der Waals surface area contributed by atoms with Crippen molar-refractivity contribution >= 4 is 0 Å². The zero-order chi connectivity index (χ0) is 56.3. The monoisotopic (exact) mass is 1100 g/mol. The van der Waals surface area contributed by atoms with Gasteiger partial charge in [0.15, 0.2) is 12.6 Å². The number of rotatable bonds is 18. The first-order valence-corrected chi connectivity index (χ1v) is 28.7. The molecule has 2 atom stereocenters. The van der Waals surface area contributed by atoms with Gasteiger partial charge in [-0.05, 0) is 215 Å². The van der Waals surface area contributed by atoms with E-state index in [-0.39, 0.29) is 25.8 Å². The van der Waals surface area contributed by atoms with Crippen LogP contribution in [0.15, 0.2) is 231 Å². The number of benzene rings is 5. The fourth-order valence-electron chi connectivity index (χ4n) is 10.6. The SMILES string of the molecule is c1ccc(-c2cc(-c3ccc(OCc4cc(-c5ccc(OC6CCCCO6)cc5)c(COc5ccc(-c6cc(-c7ccccn7)nc(-c7ccccn7)c6)cc5)cc4-c4ccc(OC5CCCCO5)cc4)cc3)cc(-c3ccccn3)n2)nc1. The maximum Gasteiger partial charge on any atom is 0.199 e. The largest absolute Gasteiger partial charge is 0.489 e. The van der Waals surface area contributed by atoms with E-state index in [1.165, 1.54) is 0 Å². The minimum absolute atomic E-state index is 0.258. The lowest BCUT2D eigenvalue weighted by Crippen LogP contribution is -2.24. The molecule has 13 rings (SSSR count). The van der Waals surface area contributed by atoms with Gasteiger partial charge in [-0.15, -0.1) is 0 Å². The summed E-state index contributed by atoms with van der Waals surface area (Å²) < 4.78 is 38.1. The Bertz CT molecular complexity index is 3560. The van der Waals surface area contributed by atoms with Gasteiger partial charge in [-0.1, -0.05) is 72.8 Å². The van der Waals surface area contributed by atoms with Crippen molar-refractivity contribution in [2.24, 2.45) is 0 Å². The molecule has 2 aliphatic rings. The van der Waals surface area contributed by atoms with Crippen molar-refractivity contribution in [2.75, 3.05) is 13.2 Å². The number of hydrogen-bond acceptors (Lipinski definition) is 12. The molecular formula is C72H60N6O6. The summed E-state index contributed by atoms with van der Waals surface area (Å²) >= 11 is 0. The first kappa shape index (κ1) is 53.4. The lowest BCUT2D eigenvalue weighted by molar-refractivity contribution is -0.106. The molecule has 0 aliphatic carbocycles. The van der Waals surface area contributed by atoms with Crippen LogP contribution in [0.25, 0.3) is 90.1 Å². The van der Waals surface area contributed by atoms with E-state index in [1.54, 1.807) is 24.8 Å². The van der Waals surface area contributed by atoms with Crippen molar-refractivity contribution in [3.8, 4) is 113 Å². The summed E-state index contributed by atoms with van der Waals surface area (Å²) in [7, 11) is 0. The molecule has 2 saturated heterocycles. The van der Waals surface area contributed by atoms with Crippen molar-refractivity contribution in [3.05, 3.63) is 242 Å². The van der Waals surface area contributed by atoms with Crippen LogP contribution < -0.4 is 18.9 Å². The third-order valence-corrected chi connectivity index (χ3v) is 15.0. The molecule has 414 valence electrons. The van der Waals surface area contributed by atoms with Gasteiger partial charge in [0.1, 0.15) is 36.2 Å². The summed E-state index contributed by atoms with van der Waals surface area (Å²) in [5.41, 5.74) is 16.2. The lowest BCUT2D eigenvalue weighted by Gasteiger charge is -2.24. The van der Waals surface area contributed by atoms with Gasteiger partial charge < -0.3 is 28.4 Å². The Kier molecular flexibility index (Phi) is 16.2. The average molecular weight is 1110 g/mol. The third-order valence-electron chi connectivity index (χ3n) is 15.0. The fraction of sp³-hybridized carbons (Fsp3) is 0.167. The molecule has 0 saturated carbocycles. The van der Waals surface area contributed by atoms with Gasteiger partial charge >= 0.3 is 0 Å². The first-order chi connectivity index (χ1) is 41.6. The van der Waals surface area contributed by atoms with Crippen LogP contribution in [0.2, 0.25) is 0 Å². The zero-order valence-corrected chi connectivity index (χ0v) is 46.3. The molecule has 12 nitrogen and oxygen atoms in total. The van der Waals surface area contributed by atoms with E-state index in [0.29, 0.717) is 13.2 Å². The molecule has 12 heteroatoms. The molecule has 0 radical (unpaired) electrons. The van der Waals surface area contributed by atoms with Crippen LogP contribution in [0.5, 0.6) is 23.0 Å². The highest BCUT2D eigenvalue weighted by atomic mass is 16.7. The standard InChI is InChI=1S/C72H60N6O6/c1-7-35-73-63(13-1)67-43-53(44-68(77-67)64-14-2-8-36-74-64)49-19-27-57(28-20-49)81-47-55-41-62(52-25-33-60(34-26-52)84-72-18-6-12-40-80-72)56(42-61(55)51-23-31-59(32-24-51)83-71-17-5-11-39-79-71)48-82-58-29-21-50(22-30-58)54-45-69(65-15-3-9-37-75-65)78-70(46-54)66-16-4-10-38-76-66/h1-4,7-10,13-16,19-38,41-46,71-72H,5-6,11-12,17-18,39-40,47-48H2. The van der Waals surface area contributed by atoms with Crippen LogP contribution in [-0.2, 0) is 22.7 Å². The number of nitrogens with zero attached hydrogens (tertiary/aromatic N) is 6. The molecule has 2 aliphatic heterocycles. The second-order valence-electron chi connectivity index (χ2n) is 20.8. The number of pyridine rings is 6. The van der Waals surface area contributed by atoms with E-state index in [9.17, 15) is 0 Å². The summed E-state index contributed by atoms with van der Waals surface area (Å²) in [4.78, 5) is 28.4. The Balaban J connectivity index is 0.828. The van der Waals surface area contributed by atoms with Crippen LogP contribution in [0.4, 0.5) is 0 Å². The average Bonchev–Trinajstić information content (AvgIpc) is 3.75. The van der Waals surface area contributed by atoms with Crippen molar-refractivity contribution in [3.63, 3.8) is 0 Å². The number of ether oxygens (including phenoxy) is 6. The summed E-state index contributed by atoms with van der Waals surface area (Å²) in [5, 5.41) is 0. The van der Waals surface area contributed by atoms with Gasteiger partial charge in [0, 0.05) is 37.6 Å². The van der Waals surface area contributed by atoms with Crippen LogP contribution in [0.3, 0.4) is 0 Å².